The summed E-state index contributed by atoms with van der Waals surface area (Å²) in [7, 11) is 0. The van der Waals surface area contributed by atoms with E-state index < -0.39 is 0 Å². The van der Waals surface area contributed by atoms with Crippen LogP contribution in [0.25, 0.3) is 0 Å². The predicted molar refractivity (Wildman–Crippen MR) is 60.0 cm³/mol. The molecule has 0 radical (unpaired) electrons. The summed E-state index contributed by atoms with van der Waals surface area (Å²) >= 11 is 5.73. The number of pyridine rings is 1. The van der Waals surface area contributed by atoms with E-state index >= 15 is 0 Å². The first kappa shape index (κ1) is 10.9. The van der Waals surface area contributed by atoms with Crippen LogP contribution >= 0.6 is 11.6 Å². The van der Waals surface area contributed by atoms with Crippen LogP contribution in [0, 0.1) is 17.3 Å². The molecule has 2 nitrogen and oxygen atoms in total. The van der Waals surface area contributed by atoms with Crippen molar-refractivity contribution in [2.45, 2.75) is 20.8 Å². The zero-order valence-electron chi connectivity index (χ0n) is 8.56. The van der Waals surface area contributed by atoms with E-state index in [4.69, 9.17) is 17.3 Å². The van der Waals surface area contributed by atoms with Crippen molar-refractivity contribution in [1.82, 2.24) is 4.98 Å². The minimum absolute atomic E-state index is 0.0395. The summed E-state index contributed by atoms with van der Waals surface area (Å²) in [6, 6.07) is 1.68. The molecule has 1 aromatic rings. The highest BCUT2D eigenvalue weighted by atomic mass is 35.5. The summed E-state index contributed by atoms with van der Waals surface area (Å²) in [6.07, 6.45) is 1.52. The second kappa shape index (κ2) is 3.89. The monoisotopic (exact) mass is 208 g/mol. The molecule has 0 amide bonds. The van der Waals surface area contributed by atoms with Crippen LogP contribution in [0.4, 0.5) is 5.69 Å². The van der Waals surface area contributed by atoms with E-state index in [9.17, 15) is 0 Å². The van der Waals surface area contributed by atoms with Crippen LogP contribution in [0.1, 0.15) is 26.3 Å². The molecule has 0 spiro atoms. The van der Waals surface area contributed by atoms with Gasteiger partial charge in [-0.1, -0.05) is 23.4 Å². The molecular weight excluding hydrogens is 196 g/mol. The minimum Gasteiger partial charge on any atom is -0.396 e. The summed E-state index contributed by atoms with van der Waals surface area (Å²) in [6.45, 7) is 6.12. The maximum absolute atomic E-state index is 5.73. The van der Waals surface area contributed by atoms with Gasteiger partial charge in [-0.2, -0.15) is 0 Å². The van der Waals surface area contributed by atoms with Crippen molar-refractivity contribution in [1.29, 1.82) is 0 Å². The highest BCUT2D eigenvalue weighted by Gasteiger charge is 2.04. The van der Waals surface area contributed by atoms with Crippen molar-refractivity contribution in [2.24, 2.45) is 5.41 Å². The molecule has 0 saturated heterocycles. The summed E-state index contributed by atoms with van der Waals surface area (Å²) in [5.41, 5.74) is 6.95. The van der Waals surface area contributed by atoms with Crippen molar-refractivity contribution in [2.75, 3.05) is 5.73 Å². The molecule has 1 rings (SSSR count). The van der Waals surface area contributed by atoms with Crippen LogP contribution < -0.4 is 5.73 Å². The molecule has 2 N–H and O–H groups in total. The molecule has 3 heteroatoms. The van der Waals surface area contributed by atoms with E-state index in [1.54, 1.807) is 6.07 Å². The topological polar surface area (TPSA) is 38.9 Å². The van der Waals surface area contributed by atoms with Gasteiger partial charge >= 0.3 is 0 Å². The number of aromatic nitrogens is 1. The van der Waals surface area contributed by atoms with Crippen molar-refractivity contribution in [3.8, 4) is 11.8 Å². The number of hydrogen-bond donors (Lipinski definition) is 1. The van der Waals surface area contributed by atoms with E-state index in [2.05, 4.69) is 16.8 Å². The predicted octanol–water partition coefficient (Wildman–Crippen LogP) is 2.71. The van der Waals surface area contributed by atoms with Crippen LogP contribution in [-0.4, -0.2) is 4.98 Å². The lowest BCUT2D eigenvalue weighted by Gasteiger charge is -2.07. The van der Waals surface area contributed by atoms with Crippen molar-refractivity contribution < 1.29 is 0 Å². The Hall–Kier alpha value is -1.20. The SMILES string of the molecule is CC(C)(C)C#Cc1cc(Cl)ncc1N. The maximum atomic E-state index is 5.73. The Morgan fingerprint density at radius 1 is 1.43 bits per heavy atom. The first-order chi connectivity index (χ1) is 6.38. The highest BCUT2D eigenvalue weighted by Crippen LogP contribution is 2.15. The molecule has 0 aromatic carbocycles. The van der Waals surface area contributed by atoms with E-state index in [-0.39, 0.29) is 5.41 Å². The van der Waals surface area contributed by atoms with Gasteiger partial charge in [0.15, 0.2) is 0 Å². The van der Waals surface area contributed by atoms with Gasteiger partial charge in [0.05, 0.1) is 17.4 Å². The van der Waals surface area contributed by atoms with Crippen molar-refractivity contribution in [3.05, 3.63) is 23.0 Å². The lowest BCUT2D eigenvalue weighted by molar-refractivity contribution is 0.571. The number of nitrogens with zero attached hydrogens (tertiary/aromatic N) is 1. The van der Waals surface area contributed by atoms with Crippen LogP contribution in [0.5, 0.6) is 0 Å². The van der Waals surface area contributed by atoms with Gasteiger partial charge in [0.25, 0.3) is 0 Å². The Balaban J connectivity index is 3.06. The zero-order valence-corrected chi connectivity index (χ0v) is 9.31. The third-order valence-corrected chi connectivity index (χ3v) is 1.68. The van der Waals surface area contributed by atoms with E-state index in [0.717, 1.165) is 5.56 Å². The second-order valence-corrected chi connectivity index (χ2v) is 4.48. The molecule has 74 valence electrons. The Labute approximate surface area is 89.5 Å². The largest absolute Gasteiger partial charge is 0.396 e. The second-order valence-electron chi connectivity index (χ2n) is 4.09. The molecule has 0 aliphatic carbocycles. The van der Waals surface area contributed by atoms with Crippen LogP contribution in [-0.2, 0) is 0 Å². The van der Waals surface area contributed by atoms with Crippen LogP contribution in [0.15, 0.2) is 12.3 Å². The summed E-state index contributed by atoms with van der Waals surface area (Å²) in [5, 5.41) is 0.414. The fourth-order valence-electron chi connectivity index (χ4n) is 0.804. The number of nitrogens with two attached hydrogens (primary N) is 1. The average molecular weight is 209 g/mol. The molecule has 14 heavy (non-hydrogen) atoms. The van der Waals surface area contributed by atoms with Gasteiger partial charge in [-0.25, -0.2) is 4.98 Å². The number of nitrogen functional groups attached to an aromatic ring is 1. The Bertz CT molecular complexity index is 394. The molecule has 0 bridgehead atoms. The normalized spacial score (nSPS) is 10.6. The van der Waals surface area contributed by atoms with Gasteiger partial charge in [-0.15, -0.1) is 0 Å². The van der Waals surface area contributed by atoms with Gasteiger partial charge in [-0.05, 0) is 26.8 Å². The third-order valence-electron chi connectivity index (χ3n) is 1.47. The summed E-state index contributed by atoms with van der Waals surface area (Å²) in [5.74, 6) is 6.08. The van der Waals surface area contributed by atoms with Crippen molar-refractivity contribution in [3.63, 3.8) is 0 Å². The molecule has 0 aliphatic heterocycles. The lowest BCUT2D eigenvalue weighted by Crippen LogP contribution is -2.00. The zero-order chi connectivity index (χ0) is 10.8. The fourth-order valence-corrected chi connectivity index (χ4v) is 0.961. The average Bonchev–Trinajstić information content (AvgIpc) is 2.05. The first-order valence-corrected chi connectivity index (χ1v) is 4.70. The maximum Gasteiger partial charge on any atom is 0.130 e. The van der Waals surface area contributed by atoms with Gasteiger partial charge in [0.1, 0.15) is 5.15 Å². The van der Waals surface area contributed by atoms with Gasteiger partial charge in [0.2, 0.25) is 0 Å². The van der Waals surface area contributed by atoms with E-state index in [1.165, 1.54) is 6.20 Å². The number of hydrogen-bond acceptors (Lipinski definition) is 2. The van der Waals surface area contributed by atoms with Crippen molar-refractivity contribution >= 4 is 17.3 Å². The molecular formula is C11H13ClN2. The Kier molecular flexibility index (Phi) is 3.03. The molecule has 1 aromatic heterocycles. The highest BCUT2D eigenvalue weighted by molar-refractivity contribution is 6.29. The number of rotatable bonds is 0. The van der Waals surface area contributed by atoms with Gasteiger partial charge in [-0.3, -0.25) is 0 Å². The van der Waals surface area contributed by atoms with Crippen LogP contribution in [0.3, 0.4) is 0 Å². The molecule has 0 unspecified atom stereocenters. The first-order valence-electron chi connectivity index (χ1n) is 4.33. The lowest BCUT2D eigenvalue weighted by atomic mass is 9.97. The molecule has 0 atom stereocenters. The van der Waals surface area contributed by atoms with E-state index in [1.807, 2.05) is 20.8 Å². The fraction of sp³-hybridized carbons (Fsp3) is 0.364. The summed E-state index contributed by atoms with van der Waals surface area (Å²) < 4.78 is 0. The summed E-state index contributed by atoms with van der Waals surface area (Å²) in [4.78, 5) is 3.86. The molecule has 0 aliphatic rings. The van der Waals surface area contributed by atoms with Gasteiger partial charge < -0.3 is 5.73 Å². The standard InChI is InChI=1S/C11H13ClN2/c1-11(2,3)5-4-8-6-10(12)14-7-9(8)13/h6-7H,13H2,1-3H3. The third kappa shape index (κ3) is 3.27. The Morgan fingerprint density at radius 3 is 2.64 bits per heavy atom. The molecule has 1 heterocycles. The minimum atomic E-state index is -0.0395. The molecule has 0 saturated carbocycles. The Morgan fingerprint density at radius 2 is 2.07 bits per heavy atom. The molecule has 0 fully saturated rings. The smallest absolute Gasteiger partial charge is 0.130 e. The van der Waals surface area contributed by atoms with E-state index in [0.29, 0.717) is 10.8 Å². The number of halogens is 1. The quantitative estimate of drug-likeness (QED) is 0.526. The van der Waals surface area contributed by atoms with Gasteiger partial charge in [0, 0.05) is 5.41 Å². The van der Waals surface area contributed by atoms with Crippen LogP contribution in [0.2, 0.25) is 5.15 Å². The number of anilines is 1.